The summed E-state index contributed by atoms with van der Waals surface area (Å²) in [5, 5.41) is 12.6. The van der Waals surface area contributed by atoms with Crippen LogP contribution in [0.15, 0.2) is 91.4 Å². The van der Waals surface area contributed by atoms with Crippen molar-refractivity contribution in [1.82, 2.24) is 25.1 Å². The lowest BCUT2D eigenvalue weighted by atomic mass is 10.0. The van der Waals surface area contributed by atoms with E-state index in [2.05, 4.69) is 42.6 Å². The zero-order valence-electron chi connectivity index (χ0n) is 18.1. The third-order valence-corrected chi connectivity index (χ3v) is 5.77. The molecule has 3 N–H and O–H groups in total. The molecule has 1 amide bonds. The van der Waals surface area contributed by atoms with Crippen LogP contribution in [-0.2, 0) is 11.2 Å². The summed E-state index contributed by atoms with van der Waals surface area (Å²) < 4.78 is 0. The first-order valence-electron chi connectivity index (χ1n) is 10.9. The van der Waals surface area contributed by atoms with E-state index in [9.17, 15) is 4.79 Å². The Bertz CT molecular complexity index is 1600. The monoisotopic (exact) mass is 444 g/mol. The summed E-state index contributed by atoms with van der Waals surface area (Å²) in [6, 6.07) is 23.7. The maximum absolute atomic E-state index is 12.5. The van der Waals surface area contributed by atoms with Crippen molar-refractivity contribution in [3.8, 4) is 22.5 Å². The van der Waals surface area contributed by atoms with E-state index in [1.165, 1.54) is 0 Å². The van der Waals surface area contributed by atoms with Gasteiger partial charge < -0.3 is 10.3 Å². The van der Waals surface area contributed by atoms with Gasteiger partial charge in [-0.25, -0.2) is 4.98 Å². The summed E-state index contributed by atoms with van der Waals surface area (Å²) in [4.78, 5) is 24.6. The predicted molar refractivity (Wildman–Crippen MR) is 133 cm³/mol. The zero-order valence-corrected chi connectivity index (χ0v) is 18.1. The van der Waals surface area contributed by atoms with Crippen molar-refractivity contribution in [1.29, 1.82) is 0 Å². The SMILES string of the molecule is O=C(Cc1ccccc1)Nc1cncc(-c2ccc3[nH]nc(-c4cc5cccnc5[nH]4)c3c2)c1. The molecule has 164 valence electrons. The lowest BCUT2D eigenvalue weighted by Crippen LogP contribution is -2.14. The van der Waals surface area contributed by atoms with E-state index in [0.717, 1.165) is 50.0 Å². The van der Waals surface area contributed by atoms with Crippen LogP contribution in [-0.4, -0.2) is 31.1 Å². The highest BCUT2D eigenvalue weighted by molar-refractivity contribution is 5.97. The smallest absolute Gasteiger partial charge is 0.228 e. The van der Waals surface area contributed by atoms with Gasteiger partial charge in [-0.05, 0) is 47.5 Å². The lowest BCUT2D eigenvalue weighted by Gasteiger charge is -2.08. The fraction of sp³-hybridized carbons (Fsp3) is 0.0370. The highest BCUT2D eigenvalue weighted by atomic mass is 16.1. The Kier molecular flexibility index (Phi) is 4.85. The number of amides is 1. The molecule has 0 fully saturated rings. The quantitative estimate of drug-likeness (QED) is 0.334. The maximum atomic E-state index is 12.5. The van der Waals surface area contributed by atoms with Crippen LogP contribution >= 0.6 is 0 Å². The van der Waals surface area contributed by atoms with Crippen molar-refractivity contribution in [2.45, 2.75) is 6.42 Å². The van der Waals surface area contributed by atoms with Gasteiger partial charge in [0.2, 0.25) is 5.91 Å². The molecule has 7 nitrogen and oxygen atoms in total. The van der Waals surface area contributed by atoms with Crippen LogP contribution in [0.5, 0.6) is 0 Å². The van der Waals surface area contributed by atoms with Crippen LogP contribution < -0.4 is 5.32 Å². The van der Waals surface area contributed by atoms with Crippen LogP contribution in [0, 0.1) is 0 Å². The molecule has 4 heterocycles. The normalized spacial score (nSPS) is 11.2. The first kappa shape index (κ1) is 19.9. The van der Waals surface area contributed by atoms with E-state index in [0.29, 0.717) is 12.1 Å². The van der Waals surface area contributed by atoms with Crippen molar-refractivity contribution in [3.63, 3.8) is 0 Å². The Labute approximate surface area is 194 Å². The number of hydrogen-bond donors (Lipinski definition) is 3. The summed E-state index contributed by atoms with van der Waals surface area (Å²) in [6.07, 6.45) is 5.53. The Balaban J connectivity index is 1.30. The number of anilines is 1. The van der Waals surface area contributed by atoms with Gasteiger partial charge in [-0.1, -0.05) is 36.4 Å². The van der Waals surface area contributed by atoms with Gasteiger partial charge in [0.1, 0.15) is 11.3 Å². The van der Waals surface area contributed by atoms with Crippen LogP contribution in [0.3, 0.4) is 0 Å². The molecule has 6 aromatic rings. The molecule has 34 heavy (non-hydrogen) atoms. The summed E-state index contributed by atoms with van der Waals surface area (Å²) in [6.45, 7) is 0. The standard InChI is InChI=1S/C27H20N6O/c34-25(11-17-5-2-1-3-6-17)30-21-12-20(15-28-16-21)18-8-9-23-22(13-18)26(33-32-23)24-14-19-7-4-10-29-27(19)31-24/h1-10,12-16H,11H2,(H,29,31)(H,30,34)(H,32,33). The summed E-state index contributed by atoms with van der Waals surface area (Å²) in [5.41, 5.74) is 7.01. The minimum Gasteiger partial charge on any atom is -0.338 e. The average molecular weight is 444 g/mol. The second-order valence-corrected chi connectivity index (χ2v) is 8.13. The van der Waals surface area contributed by atoms with Gasteiger partial charge in [-0.15, -0.1) is 0 Å². The number of pyridine rings is 2. The van der Waals surface area contributed by atoms with Gasteiger partial charge >= 0.3 is 0 Å². The molecule has 0 radical (unpaired) electrons. The minimum absolute atomic E-state index is 0.0786. The molecule has 0 aliphatic carbocycles. The fourth-order valence-corrected chi connectivity index (χ4v) is 4.14. The van der Waals surface area contributed by atoms with Gasteiger partial charge in [0.25, 0.3) is 0 Å². The molecule has 7 heteroatoms. The Morgan fingerprint density at radius 2 is 1.82 bits per heavy atom. The number of aromatic nitrogens is 5. The Morgan fingerprint density at radius 3 is 2.71 bits per heavy atom. The van der Waals surface area contributed by atoms with Crippen molar-refractivity contribution >= 4 is 33.5 Å². The maximum Gasteiger partial charge on any atom is 0.228 e. The van der Waals surface area contributed by atoms with Crippen LogP contribution in [0.25, 0.3) is 44.5 Å². The number of nitrogens with zero attached hydrogens (tertiary/aromatic N) is 3. The highest BCUT2D eigenvalue weighted by Gasteiger charge is 2.13. The number of carbonyl (C=O) groups excluding carboxylic acids is 1. The topological polar surface area (TPSA) is 99.3 Å². The minimum atomic E-state index is -0.0786. The molecule has 0 bridgehead atoms. The first-order chi connectivity index (χ1) is 16.7. The van der Waals surface area contributed by atoms with E-state index in [-0.39, 0.29) is 5.91 Å². The number of carbonyl (C=O) groups is 1. The number of hydrogen-bond acceptors (Lipinski definition) is 4. The van der Waals surface area contributed by atoms with E-state index in [4.69, 9.17) is 0 Å². The number of H-pyrrole nitrogens is 2. The Morgan fingerprint density at radius 1 is 0.912 bits per heavy atom. The number of benzene rings is 2. The van der Waals surface area contributed by atoms with E-state index in [1.807, 2.05) is 60.7 Å². The highest BCUT2D eigenvalue weighted by Crippen LogP contribution is 2.31. The Hall–Kier alpha value is -4.78. The number of aromatic amines is 2. The molecule has 0 spiro atoms. The zero-order chi connectivity index (χ0) is 22.9. The molecule has 2 aromatic carbocycles. The molecular formula is C27H20N6O. The van der Waals surface area contributed by atoms with E-state index < -0.39 is 0 Å². The average Bonchev–Trinajstić information content (AvgIpc) is 3.48. The third kappa shape index (κ3) is 3.80. The molecule has 6 rings (SSSR count). The second-order valence-electron chi connectivity index (χ2n) is 8.13. The number of rotatable bonds is 5. The third-order valence-electron chi connectivity index (χ3n) is 5.77. The van der Waals surface area contributed by atoms with Gasteiger partial charge in [0.05, 0.1) is 29.5 Å². The fourth-order valence-electron chi connectivity index (χ4n) is 4.14. The molecular weight excluding hydrogens is 424 g/mol. The molecule has 0 atom stereocenters. The van der Waals surface area contributed by atoms with Crippen molar-refractivity contribution < 1.29 is 4.79 Å². The number of fused-ring (bicyclic) bond motifs is 2. The van der Waals surface area contributed by atoms with Crippen LogP contribution in [0.2, 0.25) is 0 Å². The van der Waals surface area contributed by atoms with Gasteiger partial charge in [-0.3, -0.25) is 14.9 Å². The lowest BCUT2D eigenvalue weighted by molar-refractivity contribution is -0.115. The van der Waals surface area contributed by atoms with Gasteiger partial charge in [0, 0.05) is 28.7 Å². The van der Waals surface area contributed by atoms with Gasteiger partial charge in [0.15, 0.2) is 0 Å². The molecule has 0 aliphatic rings. The van der Waals surface area contributed by atoms with E-state index >= 15 is 0 Å². The van der Waals surface area contributed by atoms with Gasteiger partial charge in [-0.2, -0.15) is 5.10 Å². The summed E-state index contributed by atoms with van der Waals surface area (Å²) >= 11 is 0. The molecule has 0 aliphatic heterocycles. The molecule has 4 aromatic heterocycles. The second kappa shape index (κ2) is 8.29. The predicted octanol–water partition coefficient (Wildman–Crippen LogP) is 5.35. The van der Waals surface area contributed by atoms with Crippen LogP contribution in [0.4, 0.5) is 5.69 Å². The largest absolute Gasteiger partial charge is 0.338 e. The van der Waals surface area contributed by atoms with E-state index in [1.54, 1.807) is 18.6 Å². The first-order valence-corrected chi connectivity index (χ1v) is 10.9. The number of nitrogens with one attached hydrogen (secondary N) is 3. The van der Waals surface area contributed by atoms with Crippen molar-refractivity contribution in [3.05, 3.63) is 97.0 Å². The van der Waals surface area contributed by atoms with Crippen molar-refractivity contribution in [2.24, 2.45) is 0 Å². The summed E-state index contributed by atoms with van der Waals surface area (Å²) in [5.74, 6) is -0.0786. The molecule has 0 saturated carbocycles. The molecule has 0 unspecified atom stereocenters. The van der Waals surface area contributed by atoms with Crippen molar-refractivity contribution in [2.75, 3.05) is 5.32 Å². The summed E-state index contributed by atoms with van der Waals surface area (Å²) in [7, 11) is 0. The molecule has 0 saturated heterocycles. The van der Waals surface area contributed by atoms with Crippen LogP contribution in [0.1, 0.15) is 5.56 Å².